The van der Waals surface area contributed by atoms with Gasteiger partial charge >= 0.3 is 23.9 Å². The first kappa shape index (κ1) is 57.9. The minimum atomic E-state index is -0.588. The summed E-state index contributed by atoms with van der Waals surface area (Å²) in [6.07, 6.45) is 22.8. The molecule has 0 aliphatic carbocycles. The molecule has 0 fully saturated rings. The van der Waals surface area contributed by atoms with E-state index in [4.69, 9.17) is 38.5 Å². The number of para-hydroxylation sites is 1. The van der Waals surface area contributed by atoms with Gasteiger partial charge in [-0.15, -0.1) is 0 Å². The number of nitrogens with zero attached hydrogens (tertiary/aromatic N) is 3. The van der Waals surface area contributed by atoms with Gasteiger partial charge < -0.3 is 28.4 Å². The summed E-state index contributed by atoms with van der Waals surface area (Å²) in [6, 6.07) is 30.7. The molecule has 76 heavy (non-hydrogen) atoms. The molecular formula is C62H73N3O10S. The van der Waals surface area contributed by atoms with Crippen LogP contribution in [0.2, 0.25) is 0 Å². The van der Waals surface area contributed by atoms with E-state index in [9.17, 15) is 19.2 Å². The number of hydrogen-bond donors (Lipinski definition) is 0. The molecule has 0 saturated heterocycles. The number of carbonyl (C=O) groups excluding carboxylic acids is 4. The first-order valence-corrected chi connectivity index (χ1v) is 27.8. The first-order chi connectivity index (χ1) is 37.3. The molecular weight excluding hydrogens is 979 g/mol. The lowest BCUT2D eigenvalue weighted by molar-refractivity contribution is -0.138. The van der Waals surface area contributed by atoms with Crippen molar-refractivity contribution < 1.29 is 47.6 Å². The molecule has 0 aliphatic rings. The van der Waals surface area contributed by atoms with Crippen LogP contribution in [-0.4, -0.2) is 68.0 Å². The highest BCUT2D eigenvalue weighted by Crippen LogP contribution is 2.38. The maximum Gasteiger partial charge on any atom is 0.343 e. The van der Waals surface area contributed by atoms with Gasteiger partial charge in [0.2, 0.25) is 5.13 Å². The fourth-order valence-electron chi connectivity index (χ4n) is 8.33. The predicted octanol–water partition coefficient (Wildman–Crippen LogP) is 15.0. The second kappa shape index (κ2) is 32.9. The standard InChI is InChI=1S/C62H73N3O10S/c1-4-7-8-9-10-11-12-13-14-23-40-65(62-64-54-30-21-22-31-56(54)76-62)63-46-49-45-55(74-60(68)47-32-36-50(37-33-47)70-41-24-15-17-26-43-72-57(66)5-2)52-28-19-20-29-53(52)59(49)75-61(69)48-34-38-51(39-35-48)71-42-25-16-18-27-44-73-58(67)6-3/h5-6,19-22,28-39,45-46H,2-4,7-18,23-27,40-44H2,1H3. The second-order valence-electron chi connectivity index (χ2n) is 18.4. The third kappa shape index (κ3) is 19.4. The van der Waals surface area contributed by atoms with Gasteiger partial charge in [-0.05, 0) is 125 Å². The lowest BCUT2D eigenvalue weighted by atomic mass is 10.0. The number of anilines is 1. The Labute approximate surface area is 451 Å². The van der Waals surface area contributed by atoms with Crippen LogP contribution in [0.15, 0.2) is 134 Å². The molecule has 0 aliphatic heterocycles. The van der Waals surface area contributed by atoms with Crippen molar-refractivity contribution in [1.82, 2.24) is 4.98 Å². The maximum atomic E-state index is 14.1. The number of ether oxygens (including phenoxy) is 6. The Bertz CT molecular complexity index is 2770. The summed E-state index contributed by atoms with van der Waals surface area (Å²) in [6.45, 7) is 11.4. The number of rotatable bonds is 36. The number of fused-ring (bicyclic) bond motifs is 2. The van der Waals surface area contributed by atoms with E-state index in [0.717, 1.165) is 98.1 Å². The van der Waals surface area contributed by atoms with E-state index < -0.39 is 23.9 Å². The molecule has 1 heterocycles. The van der Waals surface area contributed by atoms with Gasteiger partial charge in [0.05, 0.1) is 54.0 Å². The molecule has 6 aromatic rings. The van der Waals surface area contributed by atoms with Crippen LogP contribution >= 0.6 is 11.3 Å². The van der Waals surface area contributed by atoms with Crippen molar-refractivity contribution in [3.8, 4) is 23.0 Å². The first-order valence-electron chi connectivity index (χ1n) is 27.0. The minimum absolute atomic E-state index is 0.254. The SMILES string of the molecule is C=CC(=O)OCCCCCCOc1ccc(C(=O)Oc2cc(C=NN(CCCCCCCCCCCC)c3nc4ccccc4s3)c(OC(=O)c3ccc(OCCCCCCOC(=O)C=C)cc3)c3ccccc23)cc1. The average molecular weight is 1050 g/mol. The summed E-state index contributed by atoms with van der Waals surface area (Å²) < 4.78 is 35.5. The molecule has 0 atom stereocenters. The molecule has 0 amide bonds. The molecule has 14 heteroatoms. The Hall–Kier alpha value is -7.32. The van der Waals surface area contributed by atoms with E-state index in [0.29, 0.717) is 71.9 Å². The van der Waals surface area contributed by atoms with Gasteiger partial charge in [-0.25, -0.2) is 29.2 Å². The zero-order valence-electron chi connectivity index (χ0n) is 44.1. The highest BCUT2D eigenvalue weighted by atomic mass is 32.1. The Morgan fingerprint density at radius 3 is 1.61 bits per heavy atom. The number of carbonyl (C=O) groups is 4. The molecule has 13 nitrogen and oxygen atoms in total. The topological polar surface area (TPSA) is 152 Å². The lowest BCUT2D eigenvalue weighted by Gasteiger charge is -2.18. The summed E-state index contributed by atoms with van der Waals surface area (Å²) in [5.41, 5.74) is 1.95. The number of hydrazone groups is 1. The van der Waals surface area contributed by atoms with Gasteiger partial charge in [-0.2, -0.15) is 5.10 Å². The van der Waals surface area contributed by atoms with E-state index in [1.807, 2.05) is 47.5 Å². The summed E-state index contributed by atoms with van der Waals surface area (Å²) >= 11 is 1.56. The van der Waals surface area contributed by atoms with Gasteiger partial charge in [0, 0.05) is 35.0 Å². The van der Waals surface area contributed by atoms with Crippen LogP contribution < -0.4 is 24.0 Å². The van der Waals surface area contributed by atoms with Crippen molar-refractivity contribution in [2.75, 3.05) is 38.0 Å². The molecule has 1 aromatic heterocycles. The van der Waals surface area contributed by atoms with Crippen LogP contribution in [0.3, 0.4) is 0 Å². The normalized spacial score (nSPS) is 11.1. The third-order valence-corrected chi connectivity index (χ3v) is 13.6. The van der Waals surface area contributed by atoms with Crippen molar-refractivity contribution in [1.29, 1.82) is 0 Å². The Morgan fingerprint density at radius 1 is 0.566 bits per heavy atom. The van der Waals surface area contributed by atoms with Crippen molar-refractivity contribution >= 4 is 67.5 Å². The van der Waals surface area contributed by atoms with Gasteiger partial charge in [0.15, 0.2) is 0 Å². The van der Waals surface area contributed by atoms with Crippen LogP contribution in [0.5, 0.6) is 23.0 Å². The number of thiazole rings is 1. The van der Waals surface area contributed by atoms with Crippen LogP contribution in [-0.2, 0) is 19.1 Å². The fourth-order valence-corrected chi connectivity index (χ4v) is 9.28. The number of esters is 4. The zero-order valence-corrected chi connectivity index (χ0v) is 44.9. The lowest BCUT2D eigenvalue weighted by Crippen LogP contribution is -2.18. The van der Waals surface area contributed by atoms with Crippen molar-refractivity contribution in [3.63, 3.8) is 0 Å². The maximum absolute atomic E-state index is 14.1. The van der Waals surface area contributed by atoms with Crippen LogP contribution in [0.1, 0.15) is 149 Å². The predicted molar refractivity (Wildman–Crippen MR) is 303 cm³/mol. The second-order valence-corrected chi connectivity index (χ2v) is 19.5. The minimum Gasteiger partial charge on any atom is -0.494 e. The average Bonchev–Trinajstić information content (AvgIpc) is 3.90. The highest BCUT2D eigenvalue weighted by Gasteiger charge is 2.21. The molecule has 0 spiro atoms. The number of aromatic nitrogens is 1. The van der Waals surface area contributed by atoms with Gasteiger partial charge in [0.1, 0.15) is 23.0 Å². The summed E-state index contributed by atoms with van der Waals surface area (Å²) in [7, 11) is 0. The molecule has 0 bridgehead atoms. The largest absolute Gasteiger partial charge is 0.494 e. The Balaban J connectivity index is 1.19. The van der Waals surface area contributed by atoms with Crippen molar-refractivity contribution in [2.45, 2.75) is 122 Å². The highest BCUT2D eigenvalue weighted by molar-refractivity contribution is 7.22. The molecule has 0 saturated carbocycles. The van der Waals surface area contributed by atoms with Crippen LogP contribution in [0.4, 0.5) is 5.13 Å². The number of unbranched alkanes of at least 4 members (excludes halogenated alkanes) is 15. The van der Waals surface area contributed by atoms with E-state index in [1.54, 1.807) is 72.1 Å². The Kier molecular flexibility index (Phi) is 25.1. The number of hydrogen-bond acceptors (Lipinski definition) is 14. The molecule has 402 valence electrons. The van der Waals surface area contributed by atoms with Gasteiger partial charge in [0.25, 0.3) is 0 Å². The quantitative estimate of drug-likeness (QED) is 0.00919. The number of benzene rings is 5. The monoisotopic (exact) mass is 1050 g/mol. The van der Waals surface area contributed by atoms with Crippen LogP contribution in [0.25, 0.3) is 21.0 Å². The Morgan fingerprint density at radius 2 is 1.05 bits per heavy atom. The summed E-state index contributed by atoms with van der Waals surface area (Å²) in [5, 5.41) is 8.81. The van der Waals surface area contributed by atoms with E-state index in [-0.39, 0.29) is 11.5 Å². The van der Waals surface area contributed by atoms with E-state index in [1.165, 1.54) is 44.9 Å². The van der Waals surface area contributed by atoms with E-state index in [2.05, 4.69) is 26.1 Å². The molecule has 0 unspecified atom stereocenters. The smallest absolute Gasteiger partial charge is 0.343 e. The zero-order chi connectivity index (χ0) is 53.6. The van der Waals surface area contributed by atoms with Crippen molar-refractivity contribution in [2.24, 2.45) is 5.10 Å². The molecule has 6 rings (SSSR count). The third-order valence-electron chi connectivity index (χ3n) is 12.6. The fraction of sp³-hybridized carbons (Fsp3) is 0.387. The molecule has 5 aromatic carbocycles. The van der Waals surface area contributed by atoms with Gasteiger partial charge in [-0.3, -0.25) is 0 Å². The molecule has 0 N–H and O–H groups in total. The summed E-state index contributed by atoms with van der Waals surface area (Å²) in [5.74, 6) is -0.232. The summed E-state index contributed by atoms with van der Waals surface area (Å²) in [4.78, 5) is 55.5. The molecule has 0 radical (unpaired) electrons. The van der Waals surface area contributed by atoms with Crippen LogP contribution in [0, 0.1) is 0 Å². The van der Waals surface area contributed by atoms with E-state index >= 15 is 0 Å². The van der Waals surface area contributed by atoms with Crippen molar-refractivity contribution in [3.05, 3.63) is 145 Å². The van der Waals surface area contributed by atoms with Gasteiger partial charge in [-0.1, -0.05) is 126 Å².